The zero-order chi connectivity index (χ0) is 33.9. The minimum Gasteiger partial charge on any atom is -0.483 e. The third-order valence-corrected chi connectivity index (χ3v) is 8.51. The Kier molecular flexibility index (Phi) is 12.3. The molecule has 0 radical (unpaired) electrons. The molecule has 5 rings (SSSR count). The summed E-state index contributed by atoms with van der Waals surface area (Å²) in [4.78, 5) is 25.9. The van der Waals surface area contributed by atoms with Crippen molar-refractivity contribution in [1.29, 1.82) is 0 Å². The van der Waals surface area contributed by atoms with E-state index in [1.807, 2.05) is 87.5 Å². The zero-order valence-electron chi connectivity index (χ0n) is 28.8. The van der Waals surface area contributed by atoms with E-state index in [4.69, 9.17) is 24.0 Å². The minimum absolute atomic E-state index is 0.0398. The number of hydrogen-bond donors (Lipinski definition) is 0. The van der Waals surface area contributed by atoms with Crippen molar-refractivity contribution in [2.75, 3.05) is 24.6 Å². The van der Waals surface area contributed by atoms with Gasteiger partial charge in [0, 0.05) is 17.8 Å². The van der Waals surface area contributed by atoms with Crippen LogP contribution in [0.4, 0.5) is 5.69 Å². The van der Waals surface area contributed by atoms with Gasteiger partial charge in [0.05, 0.1) is 30.1 Å². The number of nitrogens with zero attached hydrogens (tertiary/aromatic N) is 3. The first-order valence-corrected chi connectivity index (χ1v) is 16.9. The molecule has 3 heterocycles. The van der Waals surface area contributed by atoms with Crippen molar-refractivity contribution < 1.29 is 23.8 Å². The van der Waals surface area contributed by atoms with E-state index in [2.05, 4.69) is 41.8 Å². The van der Waals surface area contributed by atoms with Gasteiger partial charge in [-0.2, -0.15) is 0 Å². The Morgan fingerprint density at radius 1 is 1.06 bits per heavy atom. The van der Waals surface area contributed by atoms with Crippen LogP contribution in [0.5, 0.6) is 5.75 Å². The van der Waals surface area contributed by atoms with Crippen molar-refractivity contribution in [3.63, 3.8) is 0 Å². The quantitative estimate of drug-likeness (QED) is 0.0722. The average molecular weight is 650 g/mol. The van der Waals surface area contributed by atoms with Gasteiger partial charge in [-0.15, -0.1) is 0 Å². The van der Waals surface area contributed by atoms with Gasteiger partial charge in [0.2, 0.25) is 0 Å². The van der Waals surface area contributed by atoms with E-state index in [1.54, 1.807) is 0 Å². The first-order chi connectivity index (χ1) is 23.2. The van der Waals surface area contributed by atoms with E-state index in [9.17, 15) is 4.79 Å². The van der Waals surface area contributed by atoms with Crippen LogP contribution in [0.25, 0.3) is 0 Å². The second-order valence-electron chi connectivity index (χ2n) is 12.7. The molecule has 3 aromatic rings. The molecule has 2 aliphatic heterocycles. The second-order valence-corrected chi connectivity index (χ2v) is 12.7. The van der Waals surface area contributed by atoms with E-state index in [0.717, 1.165) is 48.3 Å². The Bertz CT molecular complexity index is 1640. The third kappa shape index (κ3) is 10.2. The number of esters is 1. The Morgan fingerprint density at radius 3 is 2.65 bits per heavy atom. The standard InChI is InChI=1S/C40H47N3O5/c1-28-14-18-34(19-15-28)46-38-22-21-35(20-17-33-11-7-6-8-12-33)47-39(38)27-45-40(44)23-16-30(3)42-48-31(4)26-43-24-10-9-13-36-37(43)25-29(2)32(5)41-36/h6-8,11-12,14-15,18-19,21-22,25,31,35,38-39H,9-10,13,16,23-24,26-27H2,1-5H3/t31?,35-,38+,39-/m1/s1. The number of benzene rings is 2. The number of carbonyl (C=O) groups excluding carboxylic acids is 1. The molecule has 0 bridgehead atoms. The normalized spacial score (nSPS) is 19.7. The van der Waals surface area contributed by atoms with E-state index in [0.29, 0.717) is 18.7 Å². The molecular formula is C40H47N3O5. The lowest BCUT2D eigenvalue weighted by Gasteiger charge is -2.30. The van der Waals surface area contributed by atoms with Crippen LogP contribution in [0, 0.1) is 32.6 Å². The first-order valence-electron chi connectivity index (χ1n) is 16.9. The maximum absolute atomic E-state index is 12.8. The van der Waals surface area contributed by atoms with Crippen LogP contribution in [-0.2, 0) is 25.5 Å². The highest BCUT2D eigenvalue weighted by Crippen LogP contribution is 2.28. The Labute approximate surface area is 285 Å². The second kappa shape index (κ2) is 17.0. The fraction of sp³-hybridized carbons (Fsp3) is 0.425. The van der Waals surface area contributed by atoms with Gasteiger partial charge in [0.15, 0.2) is 0 Å². The predicted molar refractivity (Wildman–Crippen MR) is 189 cm³/mol. The molecule has 0 N–H and O–H groups in total. The summed E-state index contributed by atoms with van der Waals surface area (Å²) in [7, 11) is 0. The molecule has 0 saturated carbocycles. The molecule has 1 unspecified atom stereocenters. The fourth-order valence-electron chi connectivity index (χ4n) is 5.63. The molecule has 48 heavy (non-hydrogen) atoms. The lowest BCUT2D eigenvalue weighted by molar-refractivity contribution is -0.151. The number of pyridine rings is 1. The topological polar surface area (TPSA) is 82.5 Å². The SMILES string of the molecule is CC(CCC(=O)OC[C@H]1O[C@H](C#Cc2ccccc2)C=C[C@@H]1Oc1ccc(C)cc1)=NOC(C)CN1CCCCc2nc(C)c(C)cc21. The Balaban J connectivity index is 1.12. The highest BCUT2D eigenvalue weighted by molar-refractivity contribution is 5.85. The average Bonchev–Trinajstić information content (AvgIpc) is 3.28. The summed E-state index contributed by atoms with van der Waals surface area (Å²) in [5.41, 5.74) is 7.44. The number of aromatic nitrogens is 1. The molecule has 0 fully saturated rings. The lowest BCUT2D eigenvalue weighted by Crippen LogP contribution is -2.42. The molecule has 0 saturated heterocycles. The van der Waals surface area contributed by atoms with Gasteiger partial charge >= 0.3 is 5.97 Å². The number of fused-ring (bicyclic) bond motifs is 1. The van der Waals surface area contributed by atoms with Crippen LogP contribution in [0.2, 0.25) is 0 Å². The number of aryl methyl sites for hydroxylation is 4. The van der Waals surface area contributed by atoms with Crippen molar-refractivity contribution in [1.82, 2.24) is 4.98 Å². The molecule has 8 heteroatoms. The molecule has 2 aromatic carbocycles. The monoisotopic (exact) mass is 649 g/mol. The summed E-state index contributed by atoms with van der Waals surface area (Å²) >= 11 is 0. The number of carbonyl (C=O) groups is 1. The minimum atomic E-state index is -0.527. The van der Waals surface area contributed by atoms with Gasteiger partial charge in [-0.1, -0.05) is 52.9 Å². The van der Waals surface area contributed by atoms with Crippen molar-refractivity contribution in [3.8, 4) is 17.6 Å². The smallest absolute Gasteiger partial charge is 0.306 e. The van der Waals surface area contributed by atoms with Gasteiger partial charge in [0.1, 0.15) is 36.8 Å². The van der Waals surface area contributed by atoms with Crippen molar-refractivity contribution in [2.24, 2.45) is 5.16 Å². The van der Waals surface area contributed by atoms with Gasteiger partial charge in [-0.25, -0.2) is 0 Å². The summed E-state index contributed by atoms with van der Waals surface area (Å²) in [6.07, 6.45) is 6.15. The van der Waals surface area contributed by atoms with Crippen molar-refractivity contribution >= 4 is 17.4 Å². The van der Waals surface area contributed by atoms with Crippen LogP contribution < -0.4 is 9.64 Å². The summed E-state index contributed by atoms with van der Waals surface area (Å²) in [6.45, 7) is 11.8. The van der Waals surface area contributed by atoms with E-state index >= 15 is 0 Å². The van der Waals surface area contributed by atoms with E-state index in [1.165, 1.54) is 16.9 Å². The number of rotatable bonds is 11. The summed E-state index contributed by atoms with van der Waals surface area (Å²) < 4.78 is 18.1. The summed E-state index contributed by atoms with van der Waals surface area (Å²) in [5.74, 6) is 6.69. The third-order valence-electron chi connectivity index (χ3n) is 8.51. The van der Waals surface area contributed by atoms with Gasteiger partial charge in [-0.05, 0) is 108 Å². The molecule has 1 aromatic heterocycles. The van der Waals surface area contributed by atoms with Crippen LogP contribution in [0.1, 0.15) is 67.6 Å². The predicted octanol–water partition coefficient (Wildman–Crippen LogP) is 7.08. The summed E-state index contributed by atoms with van der Waals surface area (Å²) in [5, 5.41) is 4.34. The summed E-state index contributed by atoms with van der Waals surface area (Å²) in [6, 6.07) is 19.8. The van der Waals surface area contributed by atoms with Crippen LogP contribution in [-0.4, -0.2) is 60.8 Å². The van der Waals surface area contributed by atoms with Gasteiger partial charge in [-0.3, -0.25) is 9.78 Å². The molecule has 8 nitrogen and oxygen atoms in total. The maximum atomic E-state index is 12.8. The zero-order valence-corrected chi connectivity index (χ0v) is 28.8. The number of hydrogen-bond acceptors (Lipinski definition) is 8. The lowest BCUT2D eigenvalue weighted by atomic mass is 10.1. The number of oxime groups is 1. The van der Waals surface area contributed by atoms with Gasteiger partial charge in [0.25, 0.3) is 0 Å². The number of anilines is 1. The highest BCUT2D eigenvalue weighted by atomic mass is 16.6. The molecule has 2 aliphatic rings. The largest absolute Gasteiger partial charge is 0.483 e. The van der Waals surface area contributed by atoms with Crippen LogP contribution in [0.3, 0.4) is 0 Å². The molecule has 4 atom stereocenters. The molecule has 0 amide bonds. The van der Waals surface area contributed by atoms with Crippen molar-refractivity contribution in [3.05, 3.63) is 101 Å². The van der Waals surface area contributed by atoms with Crippen molar-refractivity contribution in [2.45, 2.75) is 91.1 Å². The van der Waals surface area contributed by atoms with E-state index in [-0.39, 0.29) is 25.1 Å². The molecule has 252 valence electrons. The maximum Gasteiger partial charge on any atom is 0.306 e. The van der Waals surface area contributed by atoms with Gasteiger partial charge < -0.3 is 23.9 Å². The molecule has 0 aliphatic carbocycles. The van der Waals surface area contributed by atoms with Crippen LogP contribution in [0.15, 0.2) is 78.0 Å². The first kappa shape index (κ1) is 34.7. The molecular weight excluding hydrogens is 602 g/mol. The van der Waals surface area contributed by atoms with Crippen LogP contribution >= 0.6 is 0 Å². The highest BCUT2D eigenvalue weighted by Gasteiger charge is 2.30. The fourth-order valence-corrected chi connectivity index (χ4v) is 5.63. The number of ether oxygens (including phenoxy) is 3. The Morgan fingerprint density at radius 2 is 1.85 bits per heavy atom. The molecule has 0 spiro atoms. The van der Waals surface area contributed by atoms with E-state index < -0.39 is 18.3 Å². The Hall–Kier alpha value is -4.61.